The van der Waals surface area contributed by atoms with Crippen LogP contribution in [0, 0.1) is 0 Å². The first-order valence-corrected chi connectivity index (χ1v) is 10.8. The zero-order valence-corrected chi connectivity index (χ0v) is 17.0. The van der Waals surface area contributed by atoms with Crippen LogP contribution in [0.4, 0.5) is 24.5 Å². The molecule has 2 amide bonds. The summed E-state index contributed by atoms with van der Waals surface area (Å²) in [5.74, 6) is -0.128. The standard InChI is InChI=1S/C21H15F3N2O2S2/c22-21(23,24)14-5-9-16(10-6-14)26-18(27)12-30-20(26)13-3-7-15(8-4-13)25-19(28)17-2-1-11-29-17/h1-11,20H,12H2,(H,25,28)/t20-/m0/s1. The highest BCUT2D eigenvalue weighted by Crippen LogP contribution is 2.42. The molecule has 154 valence electrons. The molecular formula is C21H15F3N2O2S2. The van der Waals surface area contributed by atoms with Crippen molar-refractivity contribution in [3.63, 3.8) is 0 Å². The number of hydrogen-bond donors (Lipinski definition) is 1. The molecule has 1 N–H and O–H groups in total. The van der Waals surface area contributed by atoms with E-state index >= 15 is 0 Å². The molecule has 0 saturated carbocycles. The topological polar surface area (TPSA) is 49.4 Å². The minimum Gasteiger partial charge on any atom is -0.321 e. The molecule has 1 aliphatic heterocycles. The number of halogens is 3. The van der Waals surface area contributed by atoms with Gasteiger partial charge in [0.1, 0.15) is 5.37 Å². The highest BCUT2D eigenvalue weighted by molar-refractivity contribution is 8.00. The first-order valence-electron chi connectivity index (χ1n) is 8.89. The first-order chi connectivity index (χ1) is 14.3. The van der Waals surface area contributed by atoms with E-state index in [1.165, 1.54) is 40.1 Å². The second-order valence-electron chi connectivity index (χ2n) is 6.53. The number of amides is 2. The number of benzene rings is 2. The maximum Gasteiger partial charge on any atom is 0.416 e. The first kappa shape index (κ1) is 20.5. The Hall–Kier alpha value is -2.78. The van der Waals surface area contributed by atoms with Crippen LogP contribution in [0.5, 0.6) is 0 Å². The summed E-state index contributed by atoms with van der Waals surface area (Å²) in [6.07, 6.45) is -4.43. The lowest BCUT2D eigenvalue weighted by Crippen LogP contribution is -2.27. The lowest BCUT2D eigenvalue weighted by atomic mass is 10.1. The molecule has 0 radical (unpaired) electrons. The van der Waals surface area contributed by atoms with Gasteiger partial charge < -0.3 is 5.32 Å². The Morgan fingerprint density at radius 1 is 1.03 bits per heavy atom. The lowest BCUT2D eigenvalue weighted by molar-refractivity contribution is -0.137. The maximum atomic E-state index is 12.8. The SMILES string of the molecule is O=C(Nc1ccc([C@@H]2SCC(=O)N2c2ccc(C(F)(F)F)cc2)cc1)c1cccs1. The highest BCUT2D eigenvalue weighted by Gasteiger charge is 2.35. The smallest absolute Gasteiger partial charge is 0.321 e. The molecule has 1 fully saturated rings. The fourth-order valence-corrected chi connectivity index (χ4v) is 4.89. The molecule has 3 aromatic rings. The zero-order valence-electron chi connectivity index (χ0n) is 15.3. The van der Waals surface area contributed by atoms with Gasteiger partial charge in [0.25, 0.3) is 5.91 Å². The van der Waals surface area contributed by atoms with E-state index in [1.807, 2.05) is 5.38 Å². The summed E-state index contributed by atoms with van der Waals surface area (Å²) in [4.78, 5) is 26.7. The Labute approximate surface area is 178 Å². The summed E-state index contributed by atoms with van der Waals surface area (Å²) in [6.45, 7) is 0. The van der Waals surface area contributed by atoms with Gasteiger partial charge in [-0.05, 0) is 53.4 Å². The number of nitrogens with zero attached hydrogens (tertiary/aromatic N) is 1. The van der Waals surface area contributed by atoms with Crippen LogP contribution in [0.25, 0.3) is 0 Å². The number of rotatable bonds is 4. The van der Waals surface area contributed by atoms with Crippen molar-refractivity contribution < 1.29 is 22.8 Å². The van der Waals surface area contributed by atoms with Crippen molar-refractivity contribution in [1.82, 2.24) is 0 Å². The normalized spacial score (nSPS) is 16.7. The molecule has 2 heterocycles. The number of thioether (sulfide) groups is 1. The number of nitrogens with one attached hydrogen (secondary N) is 1. The molecule has 4 nitrogen and oxygen atoms in total. The van der Waals surface area contributed by atoms with Crippen LogP contribution < -0.4 is 10.2 Å². The van der Waals surface area contributed by atoms with Gasteiger partial charge >= 0.3 is 6.18 Å². The largest absolute Gasteiger partial charge is 0.416 e. The third-order valence-electron chi connectivity index (χ3n) is 4.54. The van der Waals surface area contributed by atoms with E-state index in [0.717, 1.165) is 17.7 Å². The second-order valence-corrected chi connectivity index (χ2v) is 8.54. The number of carbonyl (C=O) groups excluding carboxylic acids is 2. The summed E-state index contributed by atoms with van der Waals surface area (Å²) in [6, 6.07) is 15.2. The van der Waals surface area contributed by atoms with E-state index in [2.05, 4.69) is 5.32 Å². The number of carbonyl (C=O) groups is 2. The molecule has 30 heavy (non-hydrogen) atoms. The Balaban J connectivity index is 1.52. The molecule has 0 unspecified atom stereocenters. The average Bonchev–Trinajstić information content (AvgIpc) is 3.38. The van der Waals surface area contributed by atoms with Gasteiger partial charge in [-0.15, -0.1) is 23.1 Å². The van der Waals surface area contributed by atoms with Crippen molar-refractivity contribution in [3.8, 4) is 0 Å². The Morgan fingerprint density at radius 3 is 2.33 bits per heavy atom. The van der Waals surface area contributed by atoms with Gasteiger partial charge in [0.05, 0.1) is 16.2 Å². The maximum absolute atomic E-state index is 12.8. The van der Waals surface area contributed by atoms with E-state index < -0.39 is 11.7 Å². The van der Waals surface area contributed by atoms with E-state index in [9.17, 15) is 22.8 Å². The van der Waals surface area contributed by atoms with E-state index in [-0.39, 0.29) is 22.9 Å². The fourth-order valence-electron chi connectivity index (χ4n) is 3.09. The third-order valence-corrected chi connectivity index (χ3v) is 6.62. The molecule has 0 spiro atoms. The zero-order chi connectivity index (χ0) is 21.3. The van der Waals surface area contributed by atoms with Crippen LogP contribution in [0.2, 0.25) is 0 Å². The van der Waals surface area contributed by atoms with E-state index in [4.69, 9.17) is 0 Å². The molecular weight excluding hydrogens is 433 g/mol. The highest BCUT2D eigenvalue weighted by atomic mass is 32.2. The van der Waals surface area contributed by atoms with Crippen molar-refractivity contribution in [2.45, 2.75) is 11.6 Å². The summed E-state index contributed by atoms with van der Waals surface area (Å²) in [7, 11) is 0. The molecule has 4 rings (SSSR count). The van der Waals surface area contributed by atoms with Crippen molar-refractivity contribution in [1.29, 1.82) is 0 Å². The van der Waals surface area contributed by atoms with Crippen molar-refractivity contribution >= 4 is 46.3 Å². The van der Waals surface area contributed by atoms with Gasteiger partial charge in [0.15, 0.2) is 0 Å². The van der Waals surface area contributed by atoms with Crippen LogP contribution in [-0.2, 0) is 11.0 Å². The number of thiophene rings is 1. The molecule has 1 aliphatic rings. The number of alkyl halides is 3. The quantitative estimate of drug-likeness (QED) is 0.549. The van der Waals surface area contributed by atoms with Gasteiger partial charge in [0, 0.05) is 11.4 Å². The van der Waals surface area contributed by atoms with Crippen LogP contribution in [0.1, 0.15) is 26.2 Å². The lowest BCUT2D eigenvalue weighted by Gasteiger charge is -2.25. The molecule has 1 aromatic heterocycles. The summed E-state index contributed by atoms with van der Waals surface area (Å²) in [5.41, 5.74) is 1.10. The Bertz CT molecular complexity index is 1050. The average molecular weight is 448 g/mol. The molecule has 1 saturated heterocycles. The van der Waals surface area contributed by atoms with Gasteiger partial charge in [-0.2, -0.15) is 13.2 Å². The predicted octanol–water partition coefficient (Wildman–Crippen LogP) is 5.80. The van der Waals surface area contributed by atoms with Gasteiger partial charge in [0.2, 0.25) is 5.91 Å². The van der Waals surface area contributed by atoms with E-state index in [1.54, 1.807) is 36.4 Å². The van der Waals surface area contributed by atoms with Crippen molar-refractivity contribution in [2.24, 2.45) is 0 Å². The van der Waals surface area contributed by atoms with Crippen LogP contribution in [0.15, 0.2) is 66.0 Å². The van der Waals surface area contributed by atoms with Gasteiger partial charge in [-0.1, -0.05) is 18.2 Å². The Morgan fingerprint density at radius 2 is 1.73 bits per heavy atom. The number of anilines is 2. The van der Waals surface area contributed by atoms with Gasteiger partial charge in [-0.3, -0.25) is 14.5 Å². The van der Waals surface area contributed by atoms with E-state index in [0.29, 0.717) is 16.3 Å². The minimum absolute atomic E-state index is 0.167. The van der Waals surface area contributed by atoms with Crippen LogP contribution >= 0.6 is 23.1 Å². The molecule has 1 atom stereocenters. The molecule has 2 aromatic carbocycles. The molecule has 0 aliphatic carbocycles. The van der Waals surface area contributed by atoms with Crippen molar-refractivity contribution in [2.75, 3.05) is 16.0 Å². The monoisotopic (exact) mass is 448 g/mol. The predicted molar refractivity (Wildman–Crippen MR) is 113 cm³/mol. The molecule has 9 heteroatoms. The minimum atomic E-state index is -4.43. The second kappa shape index (κ2) is 8.16. The van der Waals surface area contributed by atoms with Gasteiger partial charge in [-0.25, -0.2) is 0 Å². The van der Waals surface area contributed by atoms with Crippen LogP contribution in [-0.4, -0.2) is 17.6 Å². The van der Waals surface area contributed by atoms with Crippen LogP contribution in [0.3, 0.4) is 0 Å². The van der Waals surface area contributed by atoms with Crippen molar-refractivity contribution in [3.05, 3.63) is 82.0 Å². The fraction of sp³-hybridized carbons (Fsp3) is 0.143. The molecule has 0 bridgehead atoms. The summed E-state index contributed by atoms with van der Waals surface area (Å²) < 4.78 is 38.5. The summed E-state index contributed by atoms with van der Waals surface area (Å²) in [5, 5.41) is 4.28. The number of hydrogen-bond acceptors (Lipinski definition) is 4. The third kappa shape index (κ3) is 4.22. The summed E-state index contributed by atoms with van der Waals surface area (Å²) >= 11 is 2.75. The Kier molecular flexibility index (Phi) is 5.57.